The molecular weight excluding hydrogens is 316 g/mol. The fraction of sp³-hybridized carbons (Fsp3) is 0.474. The van der Waals surface area contributed by atoms with Crippen LogP contribution in [0.25, 0.3) is 0 Å². The van der Waals surface area contributed by atoms with E-state index >= 15 is 0 Å². The van der Waals surface area contributed by atoms with E-state index in [0.717, 1.165) is 11.1 Å². The van der Waals surface area contributed by atoms with Crippen LogP contribution in [0.15, 0.2) is 42.7 Å². The molecule has 1 saturated heterocycles. The van der Waals surface area contributed by atoms with Crippen molar-refractivity contribution in [2.45, 2.75) is 25.5 Å². The lowest BCUT2D eigenvalue weighted by Crippen LogP contribution is -2.52. The number of aryl methyl sites for hydroxylation is 1. The average Bonchev–Trinajstić information content (AvgIpc) is 3.08. The molecule has 25 heavy (non-hydrogen) atoms. The Hall–Kier alpha value is -2.18. The van der Waals surface area contributed by atoms with E-state index in [1.54, 1.807) is 10.9 Å². The zero-order chi connectivity index (χ0) is 18.0. The van der Waals surface area contributed by atoms with Gasteiger partial charge in [0.15, 0.2) is 0 Å². The fourth-order valence-electron chi connectivity index (χ4n) is 3.33. The first-order valence-corrected chi connectivity index (χ1v) is 8.63. The van der Waals surface area contributed by atoms with E-state index in [-0.39, 0.29) is 17.9 Å². The van der Waals surface area contributed by atoms with Crippen LogP contribution in [0, 0.1) is 5.92 Å². The number of hydrogen-bond acceptors (Lipinski definition) is 4. The smallest absolute Gasteiger partial charge is 0.227 e. The first-order valence-electron chi connectivity index (χ1n) is 8.63. The van der Waals surface area contributed by atoms with Gasteiger partial charge in [-0.1, -0.05) is 37.3 Å². The molecule has 0 unspecified atom stereocenters. The maximum atomic E-state index is 13.0. The number of morpholine rings is 1. The summed E-state index contributed by atoms with van der Waals surface area (Å²) in [6.45, 7) is 5.50. The summed E-state index contributed by atoms with van der Waals surface area (Å²) in [5.41, 5.74) is 7.75. The first kappa shape index (κ1) is 17.6. The van der Waals surface area contributed by atoms with Gasteiger partial charge in [0.2, 0.25) is 5.91 Å². The van der Waals surface area contributed by atoms with Gasteiger partial charge in [-0.25, -0.2) is 0 Å². The van der Waals surface area contributed by atoms with E-state index in [4.69, 9.17) is 10.5 Å². The highest BCUT2D eigenvalue weighted by atomic mass is 16.5. The number of nitrogens with two attached hydrogens (primary N) is 1. The molecule has 0 bridgehead atoms. The number of amides is 1. The molecular formula is C19H26N4O2. The van der Waals surface area contributed by atoms with Crippen molar-refractivity contribution in [3.63, 3.8) is 0 Å². The molecule has 1 aliphatic heterocycles. The zero-order valence-electron chi connectivity index (χ0n) is 15.1. The van der Waals surface area contributed by atoms with Gasteiger partial charge >= 0.3 is 0 Å². The second-order valence-corrected chi connectivity index (χ2v) is 6.97. The maximum absolute atomic E-state index is 13.0. The van der Waals surface area contributed by atoms with Crippen molar-refractivity contribution < 1.29 is 9.53 Å². The van der Waals surface area contributed by atoms with E-state index in [0.29, 0.717) is 19.7 Å². The molecule has 2 aromatic rings. The van der Waals surface area contributed by atoms with Gasteiger partial charge in [-0.15, -0.1) is 0 Å². The minimum absolute atomic E-state index is 0.0646. The summed E-state index contributed by atoms with van der Waals surface area (Å²) in [4.78, 5) is 14.9. The van der Waals surface area contributed by atoms with E-state index in [1.165, 1.54) is 0 Å². The number of aromatic nitrogens is 2. The predicted octanol–water partition coefficient (Wildman–Crippen LogP) is 1.83. The van der Waals surface area contributed by atoms with Crippen molar-refractivity contribution in [1.82, 2.24) is 14.7 Å². The molecule has 1 amide bonds. The number of ether oxygens (including phenoxy) is 1. The first-order chi connectivity index (χ1) is 11.9. The quantitative estimate of drug-likeness (QED) is 0.920. The maximum Gasteiger partial charge on any atom is 0.227 e. The van der Waals surface area contributed by atoms with E-state index in [1.807, 2.05) is 62.3 Å². The van der Waals surface area contributed by atoms with Crippen LogP contribution in [0.4, 0.5) is 0 Å². The highest BCUT2D eigenvalue weighted by molar-refractivity contribution is 5.79. The minimum atomic E-state index is -0.543. The van der Waals surface area contributed by atoms with Crippen LogP contribution < -0.4 is 5.73 Å². The van der Waals surface area contributed by atoms with E-state index in [2.05, 4.69) is 5.10 Å². The topological polar surface area (TPSA) is 73.4 Å². The van der Waals surface area contributed by atoms with Crippen LogP contribution in [-0.2, 0) is 22.2 Å². The number of benzene rings is 1. The number of carbonyl (C=O) groups excluding carboxylic acids is 1. The Morgan fingerprint density at radius 1 is 1.36 bits per heavy atom. The number of nitrogens with zero attached hydrogens (tertiary/aromatic N) is 3. The molecule has 0 spiro atoms. The molecule has 1 aliphatic rings. The molecule has 0 aliphatic carbocycles. The van der Waals surface area contributed by atoms with Crippen molar-refractivity contribution in [1.29, 1.82) is 0 Å². The largest absolute Gasteiger partial charge is 0.367 e. The molecule has 3 atom stereocenters. The van der Waals surface area contributed by atoms with Crippen molar-refractivity contribution in [2.75, 3.05) is 19.7 Å². The van der Waals surface area contributed by atoms with Gasteiger partial charge in [0.05, 0.1) is 25.3 Å². The molecule has 6 heteroatoms. The lowest BCUT2D eigenvalue weighted by molar-refractivity contribution is -0.153. The van der Waals surface area contributed by atoms with Gasteiger partial charge in [0.1, 0.15) is 5.60 Å². The number of carbonyl (C=O) groups is 1. The third-order valence-electron chi connectivity index (χ3n) is 5.01. The summed E-state index contributed by atoms with van der Waals surface area (Å²) in [7, 11) is 1.87. The standard InChI is InChI=1S/C19H26N4O2/c1-14(17(20)15-7-5-4-6-8-15)18(24)23-9-10-25-19(2,13-23)16-11-21-22(3)12-16/h4-8,11-12,14,17H,9-10,13,20H2,1-3H3/t14-,17-,19-/m0/s1. The number of hydrogen-bond donors (Lipinski definition) is 1. The summed E-state index contributed by atoms with van der Waals surface area (Å²) in [5.74, 6) is -0.228. The molecule has 1 fully saturated rings. The molecule has 1 aromatic carbocycles. The monoisotopic (exact) mass is 342 g/mol. The van der Waals surface area contributed by atoms with Crippen LogP contribution >= 0.6 is 0 Å². The van der Waals surface area contributed by atoms with Crippen molar-refractivity contribution in [3.05, 3.63) is 53.9 Å². The Morgan fingerprint density at radius 2 is 2.08 bits per heavy atom. The molecule has 2 N–H and O–H groups in total. The third kappa shape index (κ3) is 3.60. The Bertz CT molecular complexity index is 730. The van der Waals surface area contributed by atoms with Crippen molar-refractivity contribution in [3.8, 4) is 0 Å². The SMILES string of the molecule is C[C@H](C(=O)N1CCO[C@](C)(c2cnn(C)c2)C1)[C@H](N)c1ccccc1. The summed E-state index contributed by atoms with van der Waals surface area (Å²) in [6.07, 6.45) is 3.74. The molecule has 134 valence electrons. The second-order valence-electron chi connectivity index (χ2n) is 6.97. The molecule has 1 aromatic heterocycles. The summed E-state index contributed by atoms with van der Waals surface area (Å²) < 4.78 is 7.74. The van der Waals surface area contributed by atoms with Crippen molar-refractivity contribution in [2.24, 2.45) is 18.7 Å². The highest BCUT2D eigenvalue weighted by Crippen LogP contribution is 2.31. The van der Waals surface area contributed by atoms with Gasteiger partial charge in [0.25, 0.3) is 0 Å². The third-order valence-corrected chi connectivity index (χ3v) is 5.01. The molecule has 0 radical (unpaired) electrons. The van der Waals surface area contributed by atoms with Crippen LogP contribution in [0.2, 0.25) is 0 Å². The van der Waals surface area contributed by atoms with Gasteiger partial charge in [-0.3, -0.25) is 9.48 Å². The molecule has 0 saturated carbocycles. The zero-order valence-corrected chi connectivity index (χ0v) is 15.1. The lowest BCUT2D eigenvalue weighted by Gasteiger charge is -2.41. The molecule has 3 rings (SSSR count). The summed E-state index contributed by atoms with van der Waals surface area (Å²) in [6, 6.07) is 9.45. The van der Waals surface area contributed by atoms with Crippen LogP contribution in [0.1, 0.15) is 31.0 Å². The average molecular weight is 342 g/mol. The van der Waals surface area contributed by atoms with Gasteiger partial charge < -0.3 is 15.4 Å². The Morgan fingerprint density at radius 3 is 2.72 bits per heavy atom. The highest BCUT2D eigenvalue weighted by Gasteiger charge is 2.38. The summed E-state index contributed by atoms with van der Waals surface area (Å²) >= 11 is 0. The molecule has 6 nitrogen and oxygen atoms in total. The fourth-order valence-corrected chi connectivity index (χ4v) is 3.33. The van der Waals surface area contributed by atoms with Gasteiger partial charge in [-0.2, -0.15) is 5.10 Å². The normalized spacial score (nSPS) is 23.3. The van der Waals surface area contributed by atoms with Crippen LogP contribution in [0.5, 0.6) is 0 Å². The number of rotatable bonds is 4. The Labute approximate surface area is 148 Å². The lowest BCUT2D eigenvalue weighted by atomic mass is 9.92. The van der Waals surface area contributed by atoms with Crippen LogP contribution in [0.3, 0.4) is 0 Å². The van der Waals surface area contributed by atoms with E-state index < -0.39 is 5.60 Å². The van der Waals surface area contributed by atoms with Crippen LogP contribution in [-0.4, -0.2) is 40.3 Å². The van der Waals surface area contributed by atoms with E-state index in [9.17, 15) is 4.79 Å². The van der Waals surface area contributed by atoms with Crippen molar-refractivity contribution >= 4 is 5.91 Å². The Kier molecular flexibility index (Phi) is 4.92. The predicted molar refractivity (Wildman–Crippen MR) is 95.6 cm³/mol. The van der Waals surface area contributed by atoms with Gasteiger partial charge in [0, 0.05) is 31.4 Å². The second kappa shape index (κ2) is 6.98. The van der Waals surface area contributed by atoms with Gasteiger partial charge in [-0.05, 0) is 12.5 Å². The Balaban J connectivity index is 1.73. The summed E-state index contributed by atoms with van der Waals surface area (Å²) in [5, 5.41) is 4.22. The molecule has 2 heterocycles. The minimum Gasteiger partial charge on any atom is -0.367 e.